The molecule has 1 heteroatoms. The van der Waals surface area contributed by atoms with Crippen LogP contribution in [0.3, 0.4) is 0 Å². The molecule has 0 aromatic carbocycles. The second kappa shape index (κ2) is 3.23. The van der Waals surface area contributed by atoms with Crippen LogP contribution in [0.4, 0.5) is 0 Å². The van der Waals surface area contributed by atoms with E-state index in [2.05, 4.69) is 25.7 Å². The fourth-order valence-corrected chi connectivity index (χ4v) is 4.59. The molecule has 0 amide bonds. The van der Waals surface area contributed by atoms with Gasteiger partial charge < -0.3 is 0 Å². The highest BCUT2D eigenvalue weighted by atomic mass is 15.2. The fourth-order valence-electron chi connectivity index (χ4n) is 4.59. The SMILES string of the molecule is CCN1CC2CC3(CC3)CC2C1C(C)C. The van der Waals surface area contributed by atoms with E-state index < -0.39 is 0 Å². The summed E-state index contributed by atoms with van der Waals surface area (Å²) >= 11 is 0. The van der Waals surface area contributed by atoms with Gasteiger partial charge in [0.2, 0.25) is 0 Å². The van der Waals surface area contributed by atoms with Crippen molar-refractivity contribution >= 4 is 0 Å². The Morgan fingerprint density at radius 3 is 2.53 bits per heavy atom. The maximum absolute atomic E-state index is 2.76. The van der Waals surface area contributed by atoms with Crippen LogP contribution in [0.25, 0.3) is 0 Å². The van der Waals surface area contributed by atoms with Gasteiger partial charge in [0, 0.05) is 12.6 Å². The Labute approximate surface area is 94.2 Å². The van der Waals surface area contributed by atoms with E-state index in [-0.39, 0.29) is 0 Å². The number of fused-ring (bicyclic) bond motifs is 1. The Kier molecular flexibility index (Phi) is 2.18. The van der Waals surface area contributed by atoms with E-state index in [4.69, 9.17) is 0 Å². The van der Waals surface area contributed by atoms with Crippen LogP contribution in [0.15, 0.2) is 0 Å². The molecule has 2 saturated carbocycles. The Balaban J connectivity index is 1.78. The van der Waals surface area contributed by atoms with Gasteiger partial charge in [0.05, 0.1) is 0 Å². The molecule has 1 heterocycles. The van der Waals surface area contributed by atoms with Gasteiger partial charge in [-0.3, -0.25) is 4.90 Å². The van der Waals surface area contributed by atoms with Crippen LogP contribution >= 0.6 is 0 Å². The largest absolute Gasteiger partial charge is 0.300 e. The first-order chi connectivity index (χ1) is 7.15. The van der Waals surface area contributed by atoms with Gasteiger partial charge in [0.1, 0.15) is 0 Å². The minimum atomic E-state index is 0.855. The molecule has 1 spiro atoms. The molecule has 3 fully saturated rings. The Hall–Kier alpha value is -0.0400. The number of rotatable bonds is 2. The van der Waals surface area contributed by atoms with E-state index in [1.165, 1.54) is 13.1 Å². The molecule has 1 saturated heterocycles. The van der Waals surface area contributed by atoms with Gasteiger partial charge in [-0.1, -0.05) is 20.8 Å². The Morgan fingerprint density at radius 1 is 1.27 bits per heavy atom. The zero-order valence-electron chi connectivity index (χ0n) is 10.5. The smallest absolute Gasteiger partial charge is 0.0150 e. The van der Waals surface area contributed by atoms with Gasteiger partial charge in [-0.25, -0.2) is 0 Å². The summed E-state index contributed by atoms with van der Waals surface area (Å²) in [7, 11) is 0. The van der Waals surface area contributed by atoms with Crippen LogP contribution in [0.1, 0.15) is 46.5 Å². The highest BCUT2D eigenvalue weighted by molar-refractivity contribution is 5.09. The number of hydrogen-bond donors (Lipinski definition) is 0. The summed E-state index contributed by atoms with van der Waals surface area (Å²) in [5.41, 5.74) is 0.863. The first kappa shape index (κ1) is 10.1. The molecule has 1 aliphatic heterocycles. The third-order valence-corrected chi connectivity index (χ3v) is 5.35. The lowest BCUT2D eigenvalue weighted by molar-refractivity contribution is 0.172. The summed E-state index contributed by atoms with van der Waals surface area (Å²) in [4.78, 5) is 2.76. The van der Waals surface area contributed by atoms with E-state index >= 15 is 0 Å². The fraction of sp³-hybridized carbons (Fsp3) is 1.00. The minimum absolute atomic E-state index is 0.855. The standard InChI is InChI=1S/C14H25N/c1-4-15-9-11-7-14(5-6-14)8-12(11)13(15)10(2)3/h10-13H,4-9H2,1-3H3. The molecule has 15 heavy (non-hydrogen) atoms. The van der Waals surface area contributed by atoms with Crippen LogP contribution in [0.2, 0.25) is 0 Å². The molecular formula is C14H25N. The van der Waals surface area contributed by atoms with Crippen LogP contribution in [-0.2, 0) is 0 Å². The van der Waals surface area contributed by atoms with Crippen molar-refractivity contribution in [2.24, 2.45) is 23.2 Å². The summed E-state index contributed by atoms with van der Waals surface area (Å²) in [5.74, 6) is 2.96. The lowest BCUT2D eigenvalue weighted by Gasteiger charge is -2.30. The van der Waals surface area contributed by atoms with Crippen LogP contribution < -0.4 is 0 Å². The predicted molar refractivity (Wildman–Crippen MR) is 63.8 cm³/mol. The molecule has 2 aliphatic carbocycles. The first-order valence-electron chi connectivity index (χ1n) is 6.89. The lowest BCUT2D eigenvalue weighted by Crippen LogP contribution is -2.37. The van der Waals surface area contributed by atoms with Gasteiger partial charge in [0.15, 0.2) is 0 Å². The Morgan fingerprint density at radius 2 is 2.00 bits per heavy atom. The normalized spacial score (nSPS) is 42.8. The zero-order chi connectivity index (χ0) is 10.6. The first-order valence-corrected chi connectivity index (χ1v) is 6.89. The average Bonchev–Trinajstić information content (AvgIpc) is 2.67. The van der Waals surface area contributed by atoms with Crippen LogP contribution in [0, 0.1) is 23.2 Å². The molecule has 0 aromatic rings. The number of likely N-dealkylation sites (tertiary alicyclic amines) is 1. The number of hydrogen-bond acceptors (Lipinski definition) is 1. The van der Waals surface area contributed by atoms with Crippen molar-refractivity contribution in [2.75, 3.05) is 13.1 Å². The molecule has 3 aliphatic rings. The minimum Gasteiger partial charge on any atom is -0.300 e. The van der Waals surface area contributed by atoms with Gasteiger partial charge in [-0.15, -0.1) is 0 Å². The summed E-state index contributed by atoms with van der Waals surface area (Å²) in [6.45, 7) is 9.86. The molecule has 86 valence electrons. The molecular weight excluding hydrogens is 182 g/mol. The van der Waals surface area contributed by atoms with Gasteiger partial charge in [-0.05, 0) is 55.4 Å². The second-order valence-corrected chi connectivity index (χ2v) is 6.65. The van der Waals surface area contributed by atoms with Crippen molar-refractivity contribution in [3.63, 3.8) is 0 Å². The zero-order valence-corrected chi connectivity index (χ0v) is 10.5. The molecule has 0 radical (unpaired) electrons. The van der Waals surface area contributed by atoms with E-state index in [0.717, 1.165) is 29.2 Å². The summed E-state index contributed by atoms with van der Waals surface area (Å²) < 4.78 is 0. The van der Waals surface area contributed by atoms with E-state index in [1.54, 1.807) is 25.7 Å². The van der Waals surface area contributed by atoms with Gasteiger partial charge in [0.25, 0.3) is 0 Å². The summed E-state index contributed by atoms with van der Waals surface area (Å²) in [6, 6.07) is 0.903. The van der Waals surface area contributed by atoms with E-state index in [1.807, 2.05) is 0 Å². The highest BCUT2D eigenvalue weighted by Gasteiger charge is 2.57. The summed E-state index contributed by atoms with van der Waals surface area (Å²) in [5, 5.41) is 0. The molecule has 3 atom stereocenters. The molecule has 0 N–H and O–H groups in total. The van der Waals surface area contributed by atoms with Crippen LogP contribution in [-0.4, -0.2) is 24.0 Å². The third-order valence-electron chi connectivity index (χ3n) is 5.35. The van der Waals surface area contributed by atoms with Crippen molar-refractivity contribution in [3.05, 3.63) is 0 Å². The van der Waals surface area contributed by atoms with E-state index in [9.17, 15) is 0 Å². The maximum Gasteiger partial charge on any atom is 0.0150 e. The van der Waals surface area contributed by atoms with Crippen molar-refractivity contribution in [1.29, 1.82) is 0 Å². The average molecular weight is 207 g/mol. The van der Waals surface area contributed by atoms with Crippen molar-refractivity contribution in [3.8, 4) is 0 Å². The second-order valence-electron chi connectivity index (χ2n) is 6.65. The monoisotopic (exact) mass is 207 g/mol. The molecule has 1 nitrogen and oxygen atoms in total. The predicted octanol–water partition coefficient (Wildman–Crippen LogP) is 3.15. The molecule has 3 rings (SSSR count). The van der Waals surface area contributed by atoms with Crippen molar-refractivity contribution in [1.82, 2.24) is 4.90 Å². The molecule has 0 aromatic heterocycles. The third kappa shape index (κ3) is 1.46. The van der Waals surface area contributed by atoms with E-state index in [0.29, 0.717) is 0 Å². The van der Waals surface area contributed by atoms with Gasteiger partial charge in [-0.2, -0.15) is 0 Å². The lowest BCUT2D eigenvalue weighted by atomic mass is 9.87. The van der Waals surface area contributed by atoms with Crippen molar-refractivity contribution < 1.29 is 0 Å². The highest BCUT2D eigenvalue weighted by Crippen LogP contribution is 2.64. The number of nitrogens with zero attached hydrogens (tertiary/aromatic N) is 1. The molecule has 0 bridgehead atoms. The maximum atomic E-state index is 2.76. The van der Waals surface area contributed by atoms with Crippen molar-refractivity contribution in [2.45, 2.75) is 52.5 Å². The summed E-state index contributed by atoms with van der Waals surface area (Å²) in [6.07, 6.45) is 6.24. The van der Waals surface area contributed by atoms with Gasteiger partial charge >= 0.3 is 0 Å². The van der Waals surface area contributed by atoms with Crippen LogP contribution in [0.5, 0.6) is 0 Å². The Bertz CT molecular complexity index is 254. The quantitative estimate of drug-likeness (QED) is 0.672. The topological polar surface area (TPSA) is 3.24 Å². The molecule has 3 unspecified atom stereocenters.